The normalized spacial score (nSPS) is 11.7. The Labute approximate surface area is 153 Å². The van der Waals surface area contributed by atoms with Crippen molar-refractivity contribution in [1.29, 1.82) is 0 Å². The lowest BCUT2D eigenvalue weighted by Crippen LogP contribution is -2.25. The molecule has 0 fully saturated rings. The summed E-state index contributed by atoms with van der Waals surface area (Å²) in [6.07, 6.45) is -4.06. The first-order valence-corrected chi connectivity index (χ1v) is 7.72. The van der Waals surface area contributed by atoms with Gasteiger partial charge < -0.3 is 9.73 Å². The third-order valence-electron chi connectivity index (χ3n) is 3.36. The molecule has 3 rings (SSSR count). The molecule has 0 unspecified atom stereocenters. The van der Waals surface area contributed by atoms with E-state index in [4.69, 9.17) is 27.6 Å². The largest absolute Gasteiger partial charge is 0.420 e. The number of carbonyl (C=O) groups is 1. The predicted molar refractivity (Wildman–Crippen MR) is 88.4 cm³/mol. The highest BCUT2D eigenvalue weighted by atomic mass is 35.5. The van der Waals surface area contributed by atoms with Gasteiger partial charge in [-0.1, -0.05) is 23.2 Å². The summed E-state index contributed by atoms with van der Waals surface area (Å²) < 4.78 is 43.8. The standard InChI is InChI=1S/C15H8Cl2F3N3O3/c16-8-1-2-10-11(4-8)26-14(25)23(10)6-12(24)22-13-9(17)3-7(5-21-13)15(18,19)20/h1-5H,6H2,(H,21,22,24). The van der Waals surface area contributed by atoms with Crippen LogP contribution in [0.5, 0.6) is 0 Å². The molecular formula is C15H8Cl2F3N3O3. The molecule has 3 aromatic rings. The second-order valence-corrected chi connectivity index (χ2v) is 6.01. The van der Waals surface area contributed by atoms with E-state index in [1.54, 1.807) is 0 Å². The Kier molecular flexibility index (Phi) is 4.68. The average Bonchev–Trinajstić information content (AvgIpc) is 2.83. The first kappa shape index (κ1) is 18.3. The van der Waals surface area contributed by atoms with Gasteiger partial charge in [-0.15, -0.1) is 0 Å². The second-order valence-electron chi connectivity index (χ2n) is 5.17. The number of hydrogen-bond donors (Lipinski definition) is 1. The number of rotatable bonds is 3. The van der Waals surface area contributed by atoms with Crippen LogP contribution in [0.3, 0.4) is 0 Å². The lowest BCUT2D eigenvalue weighted by molar-refractivity contribution is -0.137. The Balaban J connectivity index is 1.82. The summed E-state index contributed by atoms with van der Waals surface area (Å²) in [7, 11) is 0. The van der Waals surface area contributed by atoms with Crippen LogP contribution in [-0.4, -0.2) is 15.5 Å². The summed E-state index contributed by atoms with van der Waals surface area (Å²) in [5.41, 5.74) is -0.517. The molecule has 0 saturated carbocycles. The van der Waals surface area contributed by atoms with Crippen LogP contribution in [0.2, 0.25) is 10.0 Å². The molecule has 1 aromatic carbocycles. The molecule has 2 heterocycles. The highest BCUT2D eigenvalue weighted by Gasteiger charge is 2.31. The van der Waals surface area contributed by atoms with E-state index in [-0.39, 0.29) is 16.4 Å². The number of nitrogens with zero attached hydrogens (tertiary/aromatic N) is 2. The number of amides is 1. The summed E-state index contributed by atoms with van der Waals surface area (Å²) in [6.45, 7) is -0.452. The Morgan fingerprint density at radius 2 is 2.00 bits per heavy atom. The number of alkyl halides is 3. The van der Waals surface area contributed by atoms with Crippen LogP contribution in [0, 0.1) is 0 Å². The quantitative estimate of drug-likeness (QED) is 0.715. The number of carbonyl (C=O) groups excluding carboxylic acids is 1. The molecule has 0 atom stereocenters. The van der Waals surface area contributed by atoms with E-state index in [1.165, 1.54) is 18.2 Å². The number of benzene rings is 1. The van der Waals surface area contributed by atoms with Gasteiger partial charge in [0.15, 0.2) is 11.4 Å². The second kappa shape index (κ2) is 6.65. The monoisotopic (exact) mass is 405 g/mol. The fourth-order valence-electron chi connectivity index (χ4n) is 2.19. The summed E-state index contributed by atoms with van der Waals surface area (Å²) in [4.78, 5) is 27.5. The molecule has 1 amide bonds. The van der Waals surface area contributed by atoms with E-state index in [0.29, 0.717) is 22.8 Å². The summed E-state index contributed by atoms with van der Waals surface area (Å²) in [5, 5.41) is 2.22. The smallest absolute Gasteiger partial charge is 0.408 e. The first-order chi connectivity index (χ1) is 12.1. The number of aromatic nitrogens is 2. The SMILES string of the molecule is O=C(Cn1c(=O)oc2cc(Cl)ccc21)Nc1ncc(C(F)(F)F)cc1Cl. The van der Waals surface area contributed by atoms with Crippen molar-refractivity contribution >= 4 is 46.0 Å². The van der Waals surface area contributed by atoms with Crippen LogP contribution >= 0.6 is 23.2 Å². The van der Waals surface area contributed by atoms with E-state index in [9.17, 15) is 22.8 Å². The molecule has 2 aromatic heterocycles. The minimum atomic E-state index is -4.61. The lowest BCUT2D eigenvalue weighted by Gasteiger charge is -2.10. The summed E-state index contributed by atoms with van der Waals surface area (Å²) in [6, 6.07) is 5.08. The van der Waals surface area contributed by atoms with Gasteiger partial charge >= 0.3 is 11.9 Å². The molecule has 1 N–H and O–H groups in total. The van der Waals surface area contributed by atoms with Crippen LogP contribution in [0.4, 0.5) is 19.0 Å². The molecule has 136 valence electrons. The molecule has 0 aliphatic rings. The number of hydrogen-bond acceptors (Lipinski definition) is 4. The Hall–Kier alpha value is -2.52. The number of anilines is 1. The molecule has 0 spiro atoms. The minimum Gasteiger partial charge on any atom is -0.408 e. The van der Waals surface area contributed by atoms with Crippen LogP contribution in [0.15, 0.2) is 39.7 Å². The van der Waals surface area contributed by atoms with Gasteiger partial charge in [0.05, 0.1) is 16.1 Å². The fraction of sp³-hybridized carbons (Fsp3) is 0.133. The van der Waals surface area contributed by atoms with Crippen molar-refractivity contribution in [2.24, 2.45) is 0 Å². The van der Waals surface area contributed by atoms with Crippen molar-refractivity contribution in [3.63, 3.8) is 0 Å². The maximum Gasteiger partial charge on any atom is 0.420 e. The first-order valence-electron chi connectivity index (χ1n) is 6.96. The van der Waals surface area contributed by atoms with Crippen LogP contribution in [0.25, 0.3) is 11.1 Å². The maximum absolute atomic E-state index is 12.6. The Bertz CT molecular complexity index is 1060. The third-order valence-corrected chi connectivity index (χ3v) is 3.88. The number of pyridine rings is 1. The van der Waals surface area contributed by atoms with Crippen molar-refractivity contribution in [2.45, 2.75) is 12.7 Å². The summed E-state index contributed by atoms with van der Waals surface area (Å²) in [5.74, 6) is -1.77. The predicted octanol–water partition coefficient (Wildman–Crippen LogP) is 3.95. The average molecular weight is 406 g/mol. The van der Waals surface area contributed by atoms with Crippen molar-refractivity contribution < 1.29 is 22.4 Å². The van der Waals surface area contributed by atoms with E-state index in [0.717, 1.165) is 4.57 Å². The zero-order valence-corrected chi connectivity index (χ0v) is 14.1. The molecule has 6 nitrogen and oxygen atoms in total. The van der Waals surface area contributed by atoms with Crippen LogP contribution in [0.1, 0.15) is 5.56 Å². The third kappa shape index (κ3) is 3.68. The topological polar surface area (TPSA) is 77.1 Å². The molecule has 0 aliphatic heterocycles. The highest BCUT2D eigenvalue weighted by molar-refractivity contribution is 6.33. The van der Waals surface area contributed by atoms with Crippen LogP contribution in [-0.2, 0) is 17.5 Å². The zero-order chi connectivity index (χ0) is 19.1. The fourth-order valence-corrected chi connectivity index (χ4v) is 2.57. The molecule has 11 heteroatoms. The van der Waals surface area contributed by atoms with Gasteiger partial charge in [0.25, 0.3) is 0 Å². The minimum absolute atomic E-state index is 0.195. The van der Waals surface area contributed by atoms with Gasteiger partial charge in [0.2, 0.25) is 5.91 Å². The van der Waals surface area contributed by atoms with Gasteiger partial charge in [-0.05, 0) is 18.2 Å². The molecule has 0 bridgehead atoms. The highest BCUT2D eigenvalue weighted by Crippen LogP contribution is 2.32. The van der Waals surface area contributed by atoms with Crippen molar-refractivity contribution in [2.75, 3.05) is 5.32 Å². The summed E-state index contributed by atoms with van der Waals surface area (Å²) >= 11 is 11.5. The van der Waals surface area contributed by atoms with E-state index >= 15 is 0 Å². The number of halogens is 5. The van der Waals surface area contributed by atoms with Gasteiger partial charge in [-0.25, -0.2) is 9.78 Å². The Morgan fingerprint density at radius 3 is 2.65 bits per heavy atom. The van der Waals surface area contributed by atoms with Crippen LogP contribution < -0.4 is 11.1 Å². The van der Waals surface area contributed by atoms with E-state index < -0.39 is 29.9 Å². The molecule has 0 radical (unpaired) electrons. The van der Waals surface area contributed by atoms with Crippen molar-refractivity contribution in [3.8, 4) is 0 Å². The number of fused-ring (bicyclic) bond motifs is 1. The molecule has 0 aliphatic carbocycles. The van der Waals surface area contributed by atoms with E-state index in [2.05, 4.69) is 10.3 Å². The van der Waals surface area contributed by atoms with Crippen molar-refractivity contribution in [3.05, 3.63) is 56.6 Å². The van der Waals surface area contributed by atoms with Gasteiger partial charge in [0, 0.05) is 17.3 Å². The lowest BCUT2D eigenvalue weighted by atomic mass is 10.3. The molecule has 26 heavy (non-hydrogen) atoms. The molecule has 0 saturated heterocycles. The van der Waals surface area contributed by atoms with Gasteiger partial charge in [-0.2, -0.15) is 13.2 Å². The molecular weight excluding hydrogens is 398 g/mol. The number of nitrogens with one attached hydrogen (secondary N) is 1. The van der Waals surface area contributed by atoms with Crippen molar-refractivity contribution in [1.82, 2.24) is 9.55 Å². The maximum atomic E-state index is 12.6. The van der Waals surface area contributed by atoms with Gasteiger partial charge in [-0.3, -0.25) is 9.36 Å². The van der Waals surface area contributed by atoms with Gasteiger partial charge in [0.1, 0.15) is 6.54 Å². The zero-order valence-electron chi connectivity index (χ0n) is 12.6. The Morgan fingerprint density at radius 1 is 1.27 bits per heavy atom. The van der Waals surface area contributed by atoms with E-state index in [1.807, 2.05) is 0 Å². The number of oxazole rings is 1.